The van der Waals surface area contributed by atoms with E-state index in [9.17, 15) is 10.1 Å². The van der Waals surface area contributed by atoms with Gasteiger partial charge in [0.2, 0.25) is 0 Å². The van der Waals surface area contributed by atoms with Crippen LogP contribution in [0.2, 0.25) is 0 Å². The minimum absolute atomic E-state index is 0.0573. The normalized spacial score (nSPS) is 21.8. The van der Waals surface area contributed by atoms with Crippen molar-refractivity contribution in [2.45, 2.75) is 46.0 Å². The zero-order valence-electron chi connectivity index (χ0n) is 12.1. The monoisotopic (exact) mass is 255 g/mol. The van der Waals surface area contributed by atoms with Gasteiger partial charge >= 0.3 is 0 Å². The Hall–Kier alpha value is -1.62. The molecular weight excluding hydrogens is 234 g/mol. The highest BCUT2D eigenvalue weighted by Gasteiger charge is 2.52. The number of rotatable bonds is 4. The quantitative estimate of drug-likeness (QED) is 0.815. The van der Waals surface area contributed by atoms with Crippen molar-refractivity contribution in [1.29, 1.82) is 5.26 Å². The molecule has 0 aromatic heterocycles. The van der Waals surface area contributed by atoms with Crippen LogP contribution in [-0.2, 0) is 4.79 Å². The first-order valence-corrected chi connectivity index (χ1v) is 6.90. The van der Waals surface area contributed by atoms with Gasteiger partial charge in [-0.25, -0.2) is 0 Å². The molecule has 1 aromatic rings. The van der Waals surface area contributed by atoms with Gasteiger partial charge in [0.25, 0.3) is 0 Å². The predicted molar refractivity (Wildman–Crippen MR) is 75.8 cm³/mol. The average Bonchev–Trinajstić information content (AvgIpc) is 3.00. The number of nitrogens with zero attached hydrogens (tertiary/aromatic N) is 1. The minimum Gasteiger partial charge on any atom is -0.298 e. The summed E-state index contributed by atoms with van der Waals surface area (Å²) in [5.74, 6) is 0.00682. The second-order valence-corrected chi connectivity index (χ2v) is 6.53. The lowest BCUT2D eigenvalue weighted by atomic mass is 9.89. The first-order chi connectivity index (χ1) is 8.86. The first-order valence-electron chi connectivity index (χ1n) is 6.90. The minimum atomic E-state index is -0.604. The molecule has 0 aliphatic heterocycles. The topological polar surface area (TPSA) is 40.9 Å². The van der Waals surface area contributed by atoms with Gasteiger partial charge in [0.05, 0.1) is 6.07 Å². The fourth-order valence-corrected chi connectivity index (χ4v) is 2.53. The lowest BCUT2D eigenvalue weighted by Gasteiger charge is -2.11. The molecule has 2 rings (SSSR count). The van der Waals surface area contributed by atoms with Crippen molar-refractivity contribution in [2.75, 3.05) is 0 Å². The highest BCUT2D eigenvalue weighted by atomic mass is 16.1. The van der Waals surface area contributed by atoms with E-state index in [2.05, 4.69) is 33.8 Å². The van der Waals surface area contributed by atoms with Crippen LogP contribution in [0.5, 0.6) is 0 Å². The van der Waals surface area contributed by atoms with Crippen LogP contribution in [-0.4, -0.2) is 5.78 Å². The third kappa shape index (κ3) is 2.71. The first kappa shape index (κ1) is 13.8. The zero-order valence-corrected chi connectivity index (χ0v) is 12.1. The fraction of sp³-hybridized carbons (Fsp3) is 0.529. The van der Waals surface area contributed by atoms with Gasteiger partial charge in [-0.3, -0.25) is 4.79 Å². The number of benzene rings is 1. The number of carbonyl (C=O) groups excluding carboxylic acids is 1. The second kappa shape index (κ2) is 4.81. The Balaban J connectivity index is 2.19. The van der Waals surface area contributed by atoms with Crippen LogP contribution in [0.15, 0.2) is 24.3 Å². The van der Waals surface area contributed by atoms with Crippen LogP contribution in [0.1, 0.15) is 57.1 Å². The molecule has 1 aromatic carbocycles. The standard InChI is InChI=1S/C17H21NO/c1-11(2)12-5-7-13(8-6-12)14(10-18)16(19)15-9-17(15,3)4/h5-8,11,14-15H,9H2,1-4H3. The van der Waals surface area contributed by atoms with Gasteiger partial charge in [-0.2, -0.15) is 5.26 Å². The molecule has 2 unspecified atom stereocenters. The van der Waals surface area contributed by atoms with E-state index in [1.165, 1.54) is 5.56 Å². The Morgan fingerprint density at radius 2 is 1.74 bits per heavy atom. The van der Waals surface area contributed by atoms with Gasteiger partial charge in [0.1, 0.15) is 5.92 Å². The van der Waals surface area contributed by atoms with E-state index >= 15 is 0 Å². The van der Waals surface area contributed by atoms with Crippen molar-refractivity contribution in [3.05, 3.63) is 35.4 Å². The molecule has 0 bridgehead atoms. The highest BCUT2D eigenvalue weighted by molar-refractivity contribution is 5.93. The molecule has 2 atom stereocenters. The molecule has 0 radical (unpaired) electrons. The maximum atomic E-state index is 12.3. The zero-order chi connectivity index (χ0) is 14.2. The number of nitriles is 1. The lowest BCUT2D eigenvalue weighted by Crippen LogP contribution is -2.15. The van der Waals surface area contributed by atoms with Gasteiger partial charge in [0.15, 0.2) is 5.78 Å². The largest absolute Gasteiger partial charge is 0.298 e. The van der Waals surface area contributed by atoms with Gasteiger partial charge < -0.3 is 0 Å². The molecule has 0 heterocycles. The molecular formula is C17H21NO. The summed E-state index contributed by atoms with van der Waals surface area (Å²) in [6, 6.07) is 10.1. The molecule has 19 heavy (non-hydrogen) atoms. The van der Waals surface area contributed by atoms with Crippen molar-refractivity contribution >= 4 is 5.78 Å². The maximum absolute atomic E-state index is 12.3. The SMILES string of the molecule is CC(C)c1ccc(C(C#N)C(=O)C2CC2(C)C)cc1. The van der Waals surface area contributed by atoms with Crippen LogP contribution in [0.4, 0.5) is 0 Å². The summed E-state index contributed by atoms with van der Waals surface area (Å²) in [4.78, 5) is 12.3. The molecule has 1 aliphatic carbocycles. The smallest absolute Gasteiger partial charge is 0.158 e. The molecule has 0 spiro atoms. The number of hydrogen-bond donors (Lipinski definition) is 0. The molecule has 0 N–H and O–H groups in total. The highest BCUT2D eigenvalue weighted by Crippen LogP contribution is 2.53. The summed E-state index contributed by atoms with van der Waals surface area (Å²) in [6.07, 6.45) is 0.911. The second-order valence-electron chi connectivity index (χ2n) is 6.53. The molecule has 1 fully saturated rings. The molecule has 1 aliphatic rings. The molecule has 100 valence electrons. The predicted octanol–water partition coefficient (Wildman–Crippen LogP) is 4.03. The van der Waals surface area contributed by atoms with E-state index in [0.29, 0.717) is 5.92 Å². The van der Waals surface area contributed by atoms with Crippen molar-refractivity contribution in [1.82, 2.24) is 0 Å². The Kier molecular flexibility index (Phi) is 3.49. The van der Waals surface area contributed by atoms with Crippen LogP contribution in [0.3, 0.4) is 0 Å². The molecule has 2 heteroatoms. The third-order valence-corrected chi connectivity index (χ3v) is 4.21. The molecule has 0 amide bonds. The van der Waals surface area contributed by atoms with Gasteiger partial charge in [-0.1, -0.05) is 52.0 Å². The van der Waals surface area contributed by atoms with E-state index in [1.54, 1.807) is 0 Å². The average molecular weight is 255 g/mol. The van der Waals surface area contributed by atoms with E-state index in [-0.39, 0.29) is 17.1 Å². The van der Waals surface area contributed by atoms with Gasteiger partial charge in [-0.15, -0.1) is 0 Å². The van der Waals surface area contributed by atoms with Gasteiger partial charge in [0, 0.05) is 5.92 Å². The van der Waals surface area contributed by atoms with Crippen LogP contribution in [0, 0.1) is 22.7 Å². The summed E-state index contributed by atoms with van der Waals surface area (Å²) in [5.41, 5.74) is 2.16. The number of hydrogen-bond acceptors (Lipinski definition) is 2. The van der Waals surface area contributed by atoms with E-state index in [0.717, 1.165) is 12.0 Å². The van der Waals surface area contributed by atoms with Gasteiger partial charge in [-0.05, 0) is 28.9 Å². The summed E-state index contributed by atoms with van der Waals surface area (Å²) in [7, 11) is 0. The fourth-order valence-electron chi connectivity index (χ4n) is 2.53. The van der Waals surface area contributed by atoms with Crippen molar-refractivity contribution in [2.24, 2.45) is 11.3 Å². The van der Waals surface area contributed by atoms with E-state index in [1.807, 2.05) is 24.3 Å². The summed E-state index contributed by atoms with van der Waals surface area (Å²) >= 11 is 0. The lowest BCUT2D eigenvalue weighted by molar-refractivity contribution is -0.121. The number of carbonyl (C=O) groups is 1. The maximum Gasteiger partial charge on any atom is 0.158 e. The van der Waals surface area contributed by atoms with Crippen LogP contribution < -0.4 is 0 Å². The van der Waals surface area contributed by atoms with Crippen molar-refractivity contribution < 1.29 is 4.79 Å². The van der Waals surface area contributed by atoms with E-state index < -0.39 is 5.92 Å². The number of ketones is 1. The van der Waals surface area contributed by atoms with Crippen LogP contribution >= 0.6 is 0 Å². The molecule has 0 saturated heterocycles. The van der Waals surface area contributed by atoms with Crippen molar-refractivity contribution in [3.8, 4) is 6.07 Å². The van der Waals surface area contributed by atoms with E-state index in [4.69, 9.17) is 0 Å². The summed E-state index contributed by atoms with van der Waals surface area (Å²) in [6.45, 7) is 8.45. The Morgan fingerprint density at radius 3 is 2.11 bits per heavy atom. The summed E-state index contributed by atoms with van der Waals surface area (Å²) in [5, 5.41) is 9.30. The molecule has 1 saturated carbocycles. The Labute approximate surface area is 115 Å². The summed E-state index contributed by atoms with van der Waals surface area (Å²) < 4.78 is 0. The van der Waals surface area contributed by atoms with Crippen molar-refractivity contribution in [3.63, 3.8) is 0 Å². The Morgan fingerprint density at radius 1 is 1.26 bits per heavy atom. The number of Topliss-reactive ketones (excluding diaryl/α,β-unsaturated/α-hetero) is 1. The molecule has 2 nitrogen and oxygen atoms in total. The third-order valence-electron chi connectivity index (χ3n) is 4.21. The van der Waals surface area contributed by atoms with Crippen LogP contribution in [0.25, 0.3) is 0 Å². The Bertz CT molecular complexity index is 519.